The Morgan fingerprint density at radius 3 is 1.82 bits per heavy atom. The van der Waals surface area contributed by atoms with Crippen LogP contribution in [0.3, 0.4) is 0 Å². The summed E-state index contributed by atoms with van der Waals surface area (Å²) in [6, 6.07) is 0.723. The van der Waals surface area contributed by atoms with Crippen LogP contribution in [0.2, 0.25) is 0 Å². The summed E-state index contributed by atoms with van der Waals surface area (Å²) < 4.78 is 5.41. The van der Waals surface area contributed by atoms with E-state index >= 15 is 0 Å². The molecule has 2 fully saturated rings. The third-order valence-corrected chi connectivity index (χ3v) is 3.75. The molecule has 2 atom stereocenters. The van der Waals surface area contributed by atoms with E-state index in [4.69, 9.17) is 4.74 Å². The summed E-state index contributed by atoms with van der Waals surface area (Å²) in [5.41, 5.74) is 0.292. The Hall–Kier alpha value is -0.120. The predicted molar refractivity (Wildman–Crippen MR) is 73.3 cm³/mol. The number of rotatable bonds is 1. The lowest BCUT2D eigenvalue weighted by molar-refractivity contribution is 0.145. The van der Waals surface area contributed by atoms with Crippen molar-refractivity contribution in [2.75, 3.05) is 33.4 Å². The fourth-order valence-electron chi connectivity index (χ4n) is 2.15. The van der Waals surface area contributed by atoms with Crippen LogP contribution in [0.1, 0.15) is 34.6 Å². The van der Waals surface area contributed by atoms with Gasteiger partial charge in [-0.1, -0.05) is 0 Å². The molecule has 0 aromatic carbocycles. The van der Waals surface area contributed by atoms with Gasteiger partial charge in [0.25, 0.3) is 0 Å². The predicted octanol–water partition coefficient (Wildman–Crippen LogP) is 1.98. The van der Waals surface area contributed by atoms with Gasteiger partial charge in [-0.25, -0.2) is 0 Å². The van der Waals surface area contributed by atoms with Gasteiger partial charge in [0.05, 0.1) is 13.2 Å². The molecule has 0 saturated carbocycles. The molecule has 2 saturated heterocycles. The third-order valence-electron chi connectivity index (χ3n) is 3.75. The van der Waals surface area contributed by atoms with Gasteiger partial charge in [-0.2, -0.15) is 0 Å². The van der Waals surface area contributed by atoms with Crippen molar-refractivity contribution in [3.63, 3.8) is 0 Å². The van der Waals surface area contributed by atoms with E-state index in [1.165, 1.54) is 13.1 Å². The minimum atomic E-state index is 0.292. The van der Waals surface area contributed by atoms with Gasteiger partial charge in [0, 0.05) is 36.5 Å². The van der Waals surface area contributed by atoms with E-state index in [-0.39, 0.29) is 0 Å². The quantitative estimate of drug-likeness (QED) is 0.761. The Kier molecular flexibility index (Phi) is 5.42. The van der Waals surface area contributed by atoms with Crippen molar-refractivity contribution in [2.45, 2.75) is 46.2 Å². The molecule has 2 rings (SSSR count). The smallest absolute Gasteiger partial charge is 0.0510 e. The number of ether oxygens (including phenoxy) is 1. The van der Waals surface area contributed by atoms with Crippen LogP contribution in [0.15, 0.2) is 0 Å². The highest BCUT2D eigenvalue weighted by atomic mass is 16.5. The molecule has 0 radical (unpaired) electrons. The van der Waals surface area contributed by atoms with Crippen molar-refractivity contribution in [1.29, 1.82) is 0 Å². The summed E-state index contributed by atoms with van der Waals surface area (Å²) in [6.45, 7) is 15.5. The summed E-state index contributed by atoms with van der Waals surface area (Å²) in [5, 5.41) is 3.10. The van der Waals surface area contributed by atoms with Gasteiger partial charge in [0.1, 0.15) is 0 Å². The minimum Gasteiger partial charge on any atom is -0.381 e. The Bertz CT molecular complexity index is 211. The van der Waals surface area contributed by atoms with Crippen molar-refractivity contribution in [3.05, 3.63) is 0 Å². The second-order valence-corrected chi connectivity index (χ2v) is 6.61. The topological polar surface area (TPSA) is 24.5 Å². The van der Waals surface area contributed by atoms with Gasteiger partial charge < -0.3 is 15.0 Å². The van der Waals surface area contributed by atoms with E-state index in [1.54, 1.807) is 0 Å². The van der Waals surface area contributed by atoms with Crippen LogP contribution in [0.5, 0.6) is 0 Å². The lowest BCUT2D eigenvalue weighted by Gasteiger charge is -2.20. The molecule has 2 aliphatic rings. The van der Waals surface area contributed by atoms with Crippen LogP contribution < -0.4 is 5.32 Å². The molecule has 17 heavy (non-hydrogen) atoms. The summed E-state index contributed by atoms with van der Waals surface area (Å²) in [5.74, 6) is 1.69. The second-order valence-electron chi connectivity index (χ2n) is 6.61. The zero-order valence-corrected chi connectivity index (χ0v) is 12.4. The van der Waals surface area contributed by atoms with Crippen molar-refractivity contribution >= 4 is 0 Å². The molecular weight excluding hydrogens is 212 g/mol. The van der Waals surface area contributed by atoms with E-state index in [9.17, 15) is 0 Å². The Balaban J connectivity index is 0.000000209. The van der Waals surface area contributed by atoms with E-state index in [0.717, 1.165) is 31.1 Å². The van der Waals surface area contributed by atoms with Crippen LogP contribution in [0, 0.1) is 11.8 Å². The molecule has 2 aliphatic heterocycles. The Morgan fingerprint density at radius 1 is 1.12 bits per heavy atom. The maximum absolute atomic E-state index is 5.41. The van der Waals surface area contributed by atoms with Crippen molar-refractivity contribution in [1.82, 2.24) is 10.2 Å². The molecule has 0 aromatic heterocycles. The summed E-state index contributed by atoms with van der Waals surface area (Å²) >= 11 is 0. The van der Waals surface area contributed by atoms with E-state index in [2.05, 4.69) is 44.8 Å². The first-order valence-electron chi connectivity index (χ1n) is 6.84. The Morgan fingerprint density at radius 2 is 1.53 bits per heavy atom. The van der Waals surface area contributed by atoms with E-state index in [1.807, 2.05) is 7.05 Å². The van der Waals surface area contributed by atoms with E-state index < -0.39 is 0 Å². The molecule has 0 spiro atoms. The monoisotopic (exact) mass is 242 g/mol. The maximum Gasteiger partial charge on any atom is 0.0510 e. The van der Waals surface area contributed by atoms with Gasteiger partial charge in [0.2, 0.25) is 0 Å². The standard InChI is InChI=1S/C9H17NO.C5H13N/c1-7(2)10-3-8-5-11-6-9(8)4-10;1-5(2,3)6-4/h7-9H,3-6H2,1-2H3;6H,1-4H3. The second kappa shape index (κ2) is 6.17. The molecular formula is C14H30N2O. The highest BCUT2D eigenvalue weighted by Gasteiger charge is 2.37. The largest absolute Gasteiger partial charge is 0.381 e. The summed E-state index contributed by atoms with van der Waals surface area (Å²) in [7, 11) is 1.96. The molecule has 1 N–H and O–H groups in total. The number of hydrogen-bond acceptors (Lipinski definition) is 3. The molecule has 0 amide bonds. The van der Waals surface area contributed by atoms with Gasteiger partial charge in [0.15, 0.2) is 0 Å². The van der Waals surface area contributed by atoms with Crippen molar-refractivity contribution in [2.24, 2.45) is 11.8 Å². The molecule has 2 unspecified atom stereocenters. The van der Waals surface area contributed by atoms with Crippen LogP contribution in [-0.2, 0) is 4.74 Å². The number of hydrogen-bond donors (Lipinski definition) is 1. The molecule has 3 heteroatoms. The van der Waals surface area contributed by atoms with Crippen molar-refractivity contribution in [3.8, 4) is 0 Å². The van der Waals surface area contributed by atoms with Crippen LogP contribution in [-0.4, -0.2) is 49.8 Å². The van der Waals surface area contributed by atoms with E-state index in [0.29, 0.717) is 5.54 Å². The molecule has 2 heterocycles. The number of fused-ring (bicyclic) bond motifs is 1. The van der Waals surface area contributed by atoms with Gasteiger partial charge in [-0.3, -0.25) is 0 Å². The summed E-state index contributed by atoms with van der Waals surface area (Å²) in [6.07, 6.45) is 0. The first kappa shape index (κ1) is 14.9. The number of nitrogens with one attached hydrogen (secondary N) is 1. The average Bonchev–Trinajstić information content (AvgIpc) is 2.76. The van der Waals surface area contributed by atoms with Crippen LogP contribution in [0.4, 0.5) is 0 Å². The normalized spacial score (nSPS) is 29.1. The van der Waals surface area contributed by atoms with Crippen LogP contribution in [0.25, 0.3) is 0 Å². The average molecular weight is 242 g/mol. The summed E-state index contributed by atoms with van der Waals surface area (Å²) in [4.78, 5) is 2.57. The van der Waals surface area contributed by atoms with Gasteiger partial charge >= 0.3 is 0 Å². The van der Waals surface area contributed by atoms with Gasteiger partial charge in [-0.05, 0) is 41.7 Å². The van der Waals surface area contributed by atoms with Crippen LogP contribution >= 0.6 is 0 Å². The highest BCUT2D eigenvalue weighted by Crippen LogP contribution is 2.29. The number of likely N-dealkylation sites (tertiary alicyclic amines) is 1. The van der Waals surface area contributed by atoms with Crippen molar-refractivity contribution < 1.29 is 4.74 Å². The molecule has 0 bridgehead atoms. The molecule has 0 aromatic rings. The maximum atomic E-state index is 5.41. The number of nitrogens with zero attached hydrogens (tertiary/aromatic N) is 1. The zero-order valence-electron chi connectivity index (χ0n) is 12.4. The zero-order chi connectivity index (χ0) is 13.1. The third kappa shape index (κ3) is 4.94. The lowest BCUT2D eigenvalue weighted by atomic mass is 10.0. The Labute approximate surface area is 107 Å². The molecule has 0 aliphatic carbocycles. The fraction of sp³-hybridized carbons (Fsp3) is 1.00. The highest BCUT2D eigenvalue weighted by molar-refractivity contribution is 4.88. The first-order valence-corrected chi connectivity index (χ1v) is 6.84. The lowest BCUT2D eigenvalue weighted by Crippen LogP contribution is -2.31. The minimum absolute atomic E-state index is 0.292. The fourth-order valence-corrected chi connectivity index (χ4v) is 2.15. The molecule has 3 nitrogen and oxygen atoms in total. The molecule has 102 valence electrons. The van der Waals surface area contributed by atoms with Gasteiger partial charge in [-0.15, -0.1) is 0 Å². The SMILES string of the molecule is CC(C)N1CC2COCC2C1.CNC(C)(C)C. The first-order chi connectivity index (χ1) is 7.83.